The Morgan fingerprint density at radius 2 is 2.15 bits per heavy atom. The average molecular weight is 391 g/mol. The molecule has 13 nitrogen and oxygen atoms in total. The lowest BCUT2D eigenvalue weighted by atomic mass is 10.1. The quantitative estimate of drug-likeness (QED) is 0.307. The summed E-state index contributed by atoms with van der Waals surface area (Å²) in [6.07, 6.45) is -4.09. The van der Waals surface area contributed by atoms with E-state index < -0.39 is 44.5 Å². The van der Waals surface area contributed by atoms with Crippen molar-refractivity contribution in [2.45, 2.75) is 31.5 Å². The smallest absolute Gasteiger partial charge is 0.387 e. The fourth-order valence-electron chi connectivity index (χ4n) is 2.63. The lowest BCUT2D eigenvalue weighted by molar-refractivity contribution is -0.0503. The first kappa shape index (κ1) is 18.9. The van der Waals surface area contributed by atoms with Gasteiger partial charge in [0, 0.05) is 6.54 Å². The Morgan fingerprint density at radius 3 is 2.81 bits per heavy atom. The zero-order valence-corrected chi connectivity index (χ0v) is 14.4. The number of phosphoric ester groups is 1. The molecule has 0 spiro atoms. The highest BCUT2D eigenvalue weighted by molar-refractivity contribution is 7.46. The van der Waals surface area contributed by atoms with Crippen LogP contribution in [0.4, 0.5) is 5.95 Å². The maximum absolute atomic E-state index is 12.1. The number of aliphatic hydroxyl groups excluding tert-OH is 2. The van der Waals surface area contributed by atoms with Gasteiger partial charge in [0.1, 0.15) is 18.3 Å². The molecular formula is C12H18N5O8P. The molecule has 0 aliphatic carbocycles. The van der Waals surface area contributed by atoms with Crippen LogP contribution in [0.1, 0.15) is 13.2 Å². The van der Waals surface area contributed by atoms with Crippen molar-refractivity contribution in [2.75, 3.05) is 18.5 Å². The van der Waals surface area contributed by atoms with Crippen LogP contribution in [0.25, 0.3) is 11.2 Å². The lowest BCUT2D eigenvalue weighted by Gasteiger charge is -2.16. The van der Waals surface area contributed by atoms with E-state index in [2.05, 4.69) is 24.8 Å². The predicted molar refractivity (Wildman–Crippen MR) is 86.2 cm³/mol. The summed E-state index contributed by atoms with van der Waals surface area (Å²) in [7, 11) is -4.76. The average Bonchev–Trinajstić information content (AvgIpc) is 3.08. The third-order valence-electron chi connectivity index (χ3n) is 3.79. The van der Waals surface area contributed by atoms with Crippen molar-refractivity contribution in [1.29, 1.82) is 0 Å². The molecule has 1 saturated heterocycles. The number of fused-ring (bicyclic) bond motifs is 1. The van der Waals surface area contributed by atoms with E-state index in [9.17, 15) is 19.6 Å². The molecule has 0 bridgehead atoms. The first-order valence-corrected chi connectivity index (χ1v) is 9.16. The third-order valence-corrected chi connectivity index (χ3v) is 4.28. The van der Waals surface area contributed by atoms with Gasteiger partial charge in [0.2, 0.25) is 5.95 Å². The number of ether oxygens (including phenoxy) is 1. The van der Waals surface area contributed by atoms with Crippen LogP contribution in [-0.4, -0.2) is 71.0 Å². The van der Waals surface area contributed by atoms with Crippen molar-refractivity contribution < 1.29 is 33.8 Å². The van der Waals surface area contributed by atoms with Crippen LogP contribution in [0, 0.1) is 0 Å². The van der Waals surface area contributed by atoms with E-state index >= 15 is 0 Å². The zero-order valence-electron chi connectivity index (χ0n) is 13.5. The minimum atomic E-state index is -4.76. The molecule has 1 fully saturated rings. The van der Waals surface area contributed by atoms with E-state index in [4.69, 9.17) is 14.5 Å². The number of phosphoric acid groups is 1. The molecule has 14 heteroatoms. The number of aromatic nitrogens is 4. The van der Waals surface area contributed by atoms with E-state index in [1.165, 1.54) is 10.9 Å². The Kier molecular flexibility index (Phi) is 5.12. The minimum absolute atomic E-state index is 0.00635. The molecule has 6 N–H and O–H groups in total. The predicted octanol–water partition coefficient (Wildman–Crippen LogP) is -1.72. The number of hydrogen-bond acceptors (Lipinski definition) is 9. The number of H-pyrrole nitrogens is 1. The van der Waals surface area contributed by atoms with Crippen molar-refractivity contribution in [3.8, 4) is 0 Å². The third kappa shape index (κ3) is 3.64. The Labute approximate surface area is 145 Å². The van der Waals surface area contributed by atoms with E-state index in [0.29, 0.717) is 6.54 Å². The minimum Gasteiger partial charge on any atom is -0.387 e. The van der Waals surface area contributed by atoms with Crippen LogP contribution in [-0.2, 0) is 13.8 Å². The van der Waals surface area contributed by atoms with Gasteiger partial charge in [0.15, 0.2) is 17.4 Å². The Hall–Kier alpha value is -1.86. The second-order valence-corrected chi connectivity index (χ2v) is 6.84. The van der Waals surface area contributed by atoms with E-state index in [-0.39, 0.29) is 17.1 Å². The van der Waals surface area contributed by atoms with E-state index in [1.807, 2.05) is 6.92 Å². The number of aliphatic hydroxyl groups is 2. The highest BCUT2D eigenvalue weighted by Gasteiger charge is 2.45. The summed E-state index contributed by atoms with van der Waals surface area (Å²) < 4.78 is 21.8. The molecule has 4 atom stereocenters. The van der Waals surface area contributed by atoms with Crippen molar-refractivity contribution in [2.24, 2.45) is 0 Å². The number of nitrogens with zero attached hydrogens (tertiary/aromatic N) is 3. The summed E-state index contributed by atoms with van der Waals surface area (Å²) in [5, 5.41) is 23.1. The number of imidazole rings is 1. The molecule has 144 valence electrons. The molecule has 3 heterocycles. The summed E-state index contributed by atoms with van der Waals surface area (Å²) in [5.74, 6) is 0.196. The van der Waals surface area contributed by atoms with E-state index in [1.54, 1.807) is 0 Å². The fourth-order valence-corrected chi connectivity index (χ4v) is 2.97. The topological polar surface area (TPSA) is 192 Å². The lowest BCUT2D eigenvalue weighted by Crippen LogP contribution is -2.33. The molecule has 0 amide bonds. The highest BCUT2D eigenvalue weighted by Crippen LogP contribution is 2.38. The maximum atomic E-state index is 12.1. The van der Waals surface area contributed by atoms with Gasteiger partial charge in [-0.15, -0.1) is 0 Å². The Bertz CT molecular complexity index is 893. The molecule has 3 rings (SSSR count). The van der Waals surface area contributed by atoms with Crippen LogP contribution in [0.2, 0.25) is 0 Å². The van der Waals surface area contributed by atoms with Gasteiger partial charge in [-0.3, -0.25) is 18.9 Å². The molecule has 0 saturated carbocycles. The number of nitrogens with one attached hydrogen (secondary N) is 2. The van der Waals surface area contributed by atoms with Gasteiger partial charge < -0.3 is 30.1 Å². The van der Waals surface area contributed by atoms with Crippen LogP contribution >= 0.6 is 7.82 Å². The largest absolute Gasteiger partial charge is 0.469 e. The summed E-state index contributed by atoms with van der Waals surface area (Å²) in [6.45, 7) is 1.68. The van der Waals surface area contributed by atoms with Crippen LogP contribution in [0.5, 0.6) is 0 Å². The number of hydrogen-bond donors (Lipinski definition) is 6. The monoisotopic (exact) mass is 391 g/mol. The number of aromatic amines is 1. The van der Waals surface area contributed by atoms with Crippen LogP contribution < -0.4 is 10.9 Å². The van der Waals surface area contributed by atoms with Gasteiger partial charge in [0.05, 0.1) is 12.9 Å². The Balaban J connectivity index is 1.91. The second kappa shape index (κ2) is 7.04. The summed E-state index contributed by atoms with van der Waals surface area (Å²) >= 11 is 0. The summed E-state index contributed by atoms with van der Waals surface area (Å²) in [6, 6.07) is 0. The number of anilines is 1. The normalized spacial score (nSPS) is 26.5. The standard InChI is InChI=1S/C12H18N5O8P/c1-2-13-12-15-9-6(10(20)16-12)14-4-17(9)11-8(19)7(18)5(25-11)3-24-26(21,22)23/h4-5,7-8,11,18-19H,2-3H2,1H3,(H2,21,22,23)(H2,13,15,16,20)/t5-,7-,8-,11-/m1/s1. The van der Waals surface area contributed by atoms with Gasteiger partial charge in [-0.2, -0.15) is 4.98 Å². The number of rotatable bonds is 6. The molecule has 1 aliphatic heterocycles. The summed E-state index contributed by atoms with van der Waals surface area (Å²) in [4.78, 5) is 40.2. The Morgan fingerprint density at radius 1 is 1.42 bits per heavy atom. The van der Waals surface area contributed by atoms with Gasteiger partial charge >= 0.3 is 7.82 Å². The van der Waals surface area contributed by atoms with Crippen LogP contribution in [0.15, 0.2) is 11.1 Å². The molecule has 2 aromatic heterocycles. The van der Waals surface area contributed by atoms with Crippen molar-refractivity contribution >= 4 is 24.9 Å². The molecular weight excluding hydrogens is 373 g/mol. The highest BCUT2D eigenvalue weighted by atomic mass is 31.2. The van der Waals surface area contributed by atoms with Gasteiger partial charge in [-0.25, -0.2) is 9.55 Å². The van der Waals surface area contributed by atoms with Crippen molar-refractivity contribution in [1.82, 2.24) is 19.5 Å². The van der Waals surface area contributed by atoms with Gasteiger partial charge in [0.25, 0.3) is 5.56 Å². The van der Waals surface area contributed by atoms with Gasteiger partial charge in [-0.05, 0) is 6.92 Å². The molecule has 26 heavy (non-hydrogen) atoms. The SMILES string of the molecule is CCNc1nc2c(ncn2[C@@H]2O[C@H](COP(=O)(O)O)[C@@H](O)[C@H]2O)c(=O)[nH]1. The van der Waals surface area contributed by atoms with E-state index in [0.717, 1.165) is 0 Å². The first-order valence-electron chi connectivity index (χ1n) is 7.63. The van der Waals surface area contributed by atoms with Crippen LogP contribution in [0.3, 0.4) is 0 Å². The fraction of sp³-hybridized carbons (Fsp3) is 0.583. The van der Waals surface area contributed by atoms with Gasteiger partial charge in [-0.1, -0.05) is 0 Å². The molecule has 2 aromatic rings. The zero-order chi connectivity index (χ0) is 19.1. The van der Waals surface area contributed by atoms with Crippen molar-refractivity contribution in [3.63, 3.8) is 0 Å². The van der Waals surface area contributed by atoms with Crippen molar-refractivity contribution in [3.05, 3.63) is 16.7 Å². The summed E-state index contributed by atoms with van der Waals surface area (Å²) in [5.41, 5.74) is -0.386. The first-order chi connectivity index (χ1) is 12.2. The maximum Gasteiger partial charge on any atom is 0.469 e. The molecule has 0 radical (unpaired) electrons. The molecule has 0 unspecified atom stereocenters. The second-order valence-electron chi connectivity index (χ2n) is 5.60. The molecule has 1 aliphatic rings. The molecule has 0 aromatic carbocycles.